The standard InChI is InChI=1S/C21H32NSi.2C20H30NSi.C19H28NSi/c1-8-17(9-2)18-11-10-16(3)20(14-18)21-13-12-19(15-22(21)4)23(5,6)7;1-15-9-10-16(20(2,3)4)13-18(15)19-12-11-17(14-21(19)5)22(6,7)8;1-15(2)12-17-9-8-16(3)19(13-17)20-11-10-18(14-21(20)4)22(5,6)7;1-14(2)16-9-8-15(3)18(12-16)19-11-10-17(13-20(19)4)21(5,6)7/h10-15,17H,8-9H2,1-7H3;9-14H,1-8H3;8-11,13-15H,12H2,1-7H3;8-14H,1-7H3/q4*+1. The minimum Gasteiger partial charge on any atom is -0.201 e. The van der Waals surface area contributed by atoms with Crippen molar-refractivity contribution >= 4 is 53.0 Å². The van der Waals surface area contributed by atoms with Crippen molar-refractivity contribution in [1.82, 2.24) is 0 Å². The molecule has 0 fully saturated rings. The molecule has 4 aromatic carbocycles. The normalized spacial score (nSPS) is 12.1. The van der Waals surface area contributed by atoms with Crippen LogP contribution in [0.15, 0.2) is 146 Å². The summed E-state index contributed by atoms with van der Waals surface area (Å²) in [6.07, 6.45) is 12.9. The topological polar surface area (TPSA) is 15.5 Å². The molecule has 0 aliphatic heterocycles. The van der Waals surface area contributed by atoms with Gasteiger partial charge in [-0.1, -0.05) is 214 Å². The number of nitrogens with zero attached hydrogens (tertiary/aromatic N) is 4. The lowest BCUT2D eigenvalue weighted by molar-refractivity contribution is -0.659. The van der Waals surface area contributed by atoms with Gasteiger partial charge in [-0.05, 0) is 139 Å². The number of aromatic nitrogens is 4. The van der Waals surface area contributed by atoms with Crippen molar-refractivity contribution in [1.29, 1.82) is 0 Å². The molecule has 4 aromatic heterocycles. The summed E-state index contributed by atoms with van der Waals surface area (Å²) in [5.41, 5.74) is 21.9. The van der Waals surface area contributed by atoms with Gasteiger partial charge in [-0.15, -0.1) is 0 Å². The summed E-state index contributed by atoms with van der Waals surface area (Å²) < 4.78 is 9.20. The Morgan fingerprint density at radius 1 is 0.364 bits per heavy atom. The molecule has 0 bridgehead atoms. The number of pyridine rings is 4. The maximum atomic E-state index is 2.41. The first-order valence-corrected chi connectivity index (χ1v) is 47.1. The van der Waals surface area contributed by atoms with Crippen molar-refractivity contribution in [2.24, 2.45) is 34.1 Å². The Labute approximate surface area is 542 Å². The number of rotatable bonds is 14. The first kappa shape index (κ1) is 73.1. The van der Waals surface area contributed by atoms with Crippen LogP contribution in [0.1, 0.15) is 131 Å². The lowest BCUT2D eigenvalue weighted by atomic mass is 9.85. The van der Waals surface area contributed by atoms with Gasteiger partial charge in [0.1, 0.15) is 28.2 Å². The molecule has 0 unspecified atom stereocenters. The third kappa shape index (κ3) is 19.7. The van der Waals surface area contributed by atoms with Crippen LogP contribution in [-0.2, 0) is 40.0 Å². The van der Waals surface area contributed by atoms with Gasteiger partial charge in [0.2, 0.25) is 22.8 Å². The molecule has 0 aliphatic carbocycles. The highest BCUT2D eigenvalue weighted by Crippen LogP contribution is 2.32. The van der Waals surface area contributed by atoms with E-state index in [4.69, 9.17) is 0 Å². The van der Waals surface area contributed by atoms with Crippen molar-refractivity contribution in [3.05, 3.63) is 191 Å². The Morgan fingerprint density at radius 3 is 0.955 bits per heavy atom. The average molecular weight is 1250 g/mol. The fraction of sp³-hybridized carbons (Fsp3) is 0.450. The zero-order valence-electron chi connectivity index (χ0n) is 61.0. The van der Waals surface area contributed by atoms with Gasteiger partial charge in [-0.2, -0.15) is 0 Å². The van der Waals surface area contributed by atoms with Crippen LogP contribution >= 0.6 is 0 Å². The summed E-state index contributed by atoms with van der Waals surface area (Å²) in [7, 11) is 3.66. The second kappa shape index (κ2) is 30.0. The van der Waals surface area contributed by atoms with Gasteiger partial charge in [-0.3, -0.25) is 0 Å². The maximum Gasteiger partial charge on any atom is 0.212 e. The third-order valence-corrected chi connectivity index (χ3v) is 25.9. The van der Waals surface area contributed by atoms with E-state index >= 15 is 0 Å². The SMILES string of the molecule is CCC(CC)c1ccc(C)c(-c2ccc([Si](C)(C)C)c[n+]2C)c1.Cc1ccc(C(C)(C)C)cc1-c1ccc([Si](C)(C)C)c[n+]1C.Cc1ccc(C(C)C)cc1-c1ccc([Si](C)(C)C)c[n+]1C.Cc1ccc(CC(C)C)cc1-c1ccc([Si](C)(C)C)c[n+]1C. The van der Waals surface area contributed by atoms with Crippen LogP contribution in [0.2, 0.25) is 78.6 Å². The molecule has 0 saturated heterocycles. The predicted octanol–water partition coefficient (Wildman–Crippen LogP) is 17.6. The minimum absolute atomic E-state index is 0.180. The highest BCUT2D eigenvalue weighted by atomic mass is 28.3. The molecule has 472 valence electrons. The van der Waals surface area contributed by atoms with Crippen molar-refractivity contribution in [3.8, 4) is 45.0 Å². The van der Waals surface area contributed by atoms with E-state index in [0.29, 0.717) is 17.8 Å². The summed E-state index contributed by atoms with van der Waals surface area (Å²) in [6.45, 7) is 58.1. The Morgan fingerprint density at radius 2 is 0.659 bits per heavy atom. The van der Waals surface area contributed by atoms with Crippen molar-refractivity contribution in [2.45, 2.75) is 205 Å². The Kier molecular flexibility index (Phi) is 24.9. The van der Waals surface area contributed by atoms with Gasteiger partial charge in [-0.25, -0.2) is 18.3 Å². The molecule has 0 atom stereocenters. The van der Waals surface area contributed by atoms with Gasteiger partial charge < -0.3 is 0 Å². The lowest BCUT2D eigenvalue weighted by Gasteiger charge is -2.20. The van der Waals surface area contributed by atoms with Gasteiger partial charge in [0.25, 0.3) is 0 Å². The largest absolute Gasteiger partial charge is 0.212 e. The van der Waals surface area contributed by atoms with E-state index in [1.807, 2.05) is 0 Å². The highest BCUT2D eigenvalue weighted by Gasteiger charge is 2.27. The second-order valence-corrected chi connectivity index (χ2v) is 51.8. The molecule has 0 N–H and O–H groups in total. The quantitative estimate of drug-likeness (QED) is 0.0762. The van der Waals surface area contributed by atoms with Crippen LogP contribution in [0.25, 0.3) is 45.0 Å². The van der Waals surface area contributed by atoms with Crippen LogP contribution in [0, 0.1) is 33.6 Å². The molecule has 0 saturated carbocycles. The molecule has 0 aliphatic rings. The van der Waals surface area contributed by atoms with Crippen LogP contribution in [0.4, 0.5) is 0 Å². The first-order chi connectivity index (χ1) is 40.6. The first-order valence-electron chi connectivity index (χ1n) is 33.1. The summed E-state index contributed by atoms with van der Waals surface area (Å²) in [5, 5.41) is 6.03. The smallest absolute Gasteiger partial charge is 0.201 e. The summed E-state index contributed by atoms with van der Waals surface area (Å²) in [5.74, 6) is 1.93. The molecule has 8 heteroatoms. The molecule has 8 rings (SSSR count). The lowest BCUT2D eigenvalue weighted by Crippen LogP contribution is -2.45. The van der Waals surface area contributed by atoms with E-state index in [0.717, 1.165) is 6.42 Å². The fourth-order valence-electron chi connectivity index (χ4n) is 11.4. The van der Waals surface area contributed by atoms with Gasteiger partial charge in [0, 0.05) is 67.3 Å². The second-order valence-electron chi connectivity index (χ2n) is 31.5. The van der Waals surface area contributed by atoms with Gasteiger partial charge in [0.15, 0.2) is 24.8 Å². The van der Waals surface area contributed by atoms with Gasteiger partial charge in [0.05, 0.1) is 32.3 Å². The highest BCUT2D eigenvalue weighted by molar-refractivity contribution is 6.89. The van der Waals surface area contributed by atoms with Gasteiger partial charge >= 0.3 is 0 Å². The van der Waals surface area contributed by atoms with Crippen molar-refractivity contribution < 1.29 is 18.3 Å². The molecule has 0 radical (unpaired) electrons. The van der Waals surface area contributed by atoms with Crippen molar-refractivity contribution in [2.75, 3.05) is 0 Å². The molecular weight excluding hydrogens is 1130 g/mol. The van der Waals surface area contributed by atoms with E-state index < -0.39 is 32.3 Å². The van der Waals surface area contributed by atoms with Crippen molar-refractivity contribution in [3.63, 3.8) is 0 Å². The number of hydrogen-bond donors (Lipinski definition) is 0. The summed E-state index contributed by atoms with van der Waals surface area (Å²) in [4.78, 5) is 0. The van der Waals surface area contributed by atoms with E-state index in [9.17, 15) is 0 Å². The third-order valence-electron chi connectivity index (χ3n) is 17.8. The predicted molar refractivity (Wildman–Crippen MR) is 398 cm³/mol. The summed E-state index contributed by atoms with van der Waals surface area (Å²) >= 11 is 0. The van der Waals surface area contributed by atoms with E-state index in [2.05, 4.69) is 361 Å². The Balaban J connectivity index is 0.000000214. The van der Waals surface area contributed by atoms with E-state index in [-0.39, 0.29) is 5.41 Å². The monoisotopic (exact) mass is 1250 g/mol. The van der Waals surface area contributed by atoms with Crippen LogP contribution < -0.4 is 39.0 Å². The number of hydrogen-bond acceptors (Lipinski definition) is 0. The van der Waals surface area contributed by atoms with E-state index in [1.165, 1.54) is 123 Å². The number of aryl methyl sites for hydroxylation is 8. The molecule has 8 aromatic rings. The fourth-order valence-corrected chi connectivity index (χ4v) is 16.1. The Bertz CT molecular complexity index is 3640. The van der Waals surface area contributed by atoms with Crippen LogP contribution in [0.5, 0.6) is 0 Å². The molecule has 88 heavy (non-hydrogen) atoms. The molecular formula is C80H120N4Si4+4. The molecule has 4 heterocycles. The Hall–Kier alpha value is -5.65. The van der Waals surface area contributed by atoms with Crippen LogP contribution in [0.3, 0.4) is 0 Å². The van der Waals surface area contributed by atoms with E-state index in [1.54, 1.807) is 0 Å². The minimum atomic E-state index is -1.26. The zero-order valence-corrected chi connectivity index (χ0v) is 65.0. The average Bonchev–Trinajstić information content (AvgIpc) is 2.56. The zero-order chi connectivity index (χ0) is 66.2. The number of benzene rings is 4. The summed E-state index contributed by atoms with van der Waals surface area (Å²) in [6, 6.07) is 46.2. The molecule has 4 nitrogen and oxygen atoms in total. The maximum absolute atomic E-state index is 2.41. The molecule has 0 amide bonds. The van der Waals surface area contributed by atoms with Crippen LogP contribution in [-0.4, -0.2) is 32.3 Å². The molecule has 0 spiro atoms.